The van der Waals surface area contributed by atoms with E-state index in [0.29, 0.717) is 22.6 Å². The van der Waals surface area contributed by atoms with Gasteiger partial charge in [0, 0.05) is 5.56 Å². The molecule has 160 valence electrons. The van der Waals surface area contributed by atoms with Crippen LogP contribution in [-0.4, -0.2) is 29.4 Å². The standard InChI is InChI=1S/C25H20N2O5/c1-15(17-5-3-2-4-6-17)26-23(28)18-8-9-19-20(12-18)25(30)27(24(19)29)13-16-7-10-21-22(11-16)32-14-31-21/h2-12,15H,13-14H2,1H3,(H,26,28). The third-order valence-electron chi connectivity index (χ3n) is 5.66. The Kier molecular flexibility index (Phi) is 4.86. The van der Waals surface area contributed by atoms with Gasteiger partial charge in [0.1, 0.15) is 0 Å². The Hall–Kier alpha value is -4.13. The molecule has 1 unspecified atom stereocenters. The van der Waals surface area contributed by atoms with Gasteiger partial charge in [-0.05, 0) is 48.4 Å². The molecule has 2 aliphatic rings. The van der Waals surface area contributed by atoms with Crippen LogP contribution in [0.1, 0.15) is 55.2 Å². The van der Waals surface area contributed by atoms with Crippen LogP contribution in [0, 0.1) is 0 Å². The van der Waals surface area contributed by atoms with Crippen molar-refractivity contribution in [3.63, 3.8) is 0 Å². The summed E-state index contributed by atoms with van der Waals surface area (Å²) >= 11 is 0. The fourth-order valence-electron chi connectivity index (χ4n) is 3.90. The topological polar surface area (TPSA) is 84.9 Å². The maximum Gasteiger partial charge on any atom is 0.261 e. The van der Waals surface area contributed by atoms with Crippen LogP contribution in [0.3, 0.4) is 0 Å². The number of carbonyl (C=O) groups excluding carboxylic acids is 3. The van der Waals surface area contributed by atoms with Gasteiger partial charge in [-0.1, -0.05) is 36.4 Å². The van der Waals surface area contributed by atoms with Crippen LogP contribution < -0.4 is 14.8 Å². The number of ether oxygens (including phenoxy) is 2. The summed E-state index contributed by atoms with van der Waals surface area (Å²) in [6, 6.07) is 19.3. The van der Waals surface area contributed by atoms with Crippen LogP contribution in [-0.2, 0) is 6.54 Å². The largest absolute Gasteiger partial charge is 0.454 e. The first-order valence-corrected chi connectivity index (χ1v) is 10.3. The maximum absolute atomic E-state index is 13.0. The van der Waals surface area contributed by atoms with Gasteiger partial charge in [-0.3, -0.25) is 19.3 Å². The minimum absolute atomic E-state index is 0.107. The molecule has 0 bridgehead atoms. The molecule has 7 heteroatoms. The molecule has 0 radical (unpaired) electrons. The molecular formula is C25H20N2O5. The number of nitrogens with zero attached hydrogens (tertiary/aromatic N) is 1. The lowest BCUT2D eigenvalue weighted by atomic mass is 10.0. The predicted molar refractivity (Wildman–Crippen MR) is 116 cm³/mol. The van der Waals surface area contributed by atoms with Gasteiger partial charge in [-0.15, -0.1) is 0 Å². The summed E-state index contributed by atoms with van der Waals surface area (Å²) in [6.07, 6.45) is 0. The number of fused-ring (bicyclic) bond motifs is 2. The van der Waals surface area contributed by atoms with Crippen molar-refractivity contribution in [2.75, 3.05) is 6.79 Å². The Balaban J connectivity index is 1.34. The number of imide groups is 1. The summed E-state index contributed by atoms with van der Waals surface area (Å²) in [5.74, 6) is 0.112. The van der Waals surface area contributed by atoms with Crippen molar-refractivity contribution >= 4 is 17.7 Å². The summed E-state index contributed by atoms with van der Waals surface area (Å²) in [5, 5.41) is 2.93. The Morgan fingerprint density at radius 3 is 2.50 bits per heavy atom. The quantitative estimate of drug-likeness (QED) is 0.627. The fourth-order valence-corrected chi connectivity index (χ4v) is 3.90. The molecule has 1 N–H and O–H groups in total. The predicted octanol–water partition coefficient (Wildman–Crippen LogP) is 3.70. The second-order valence-corrected chi connectivity index (χ2v) is 7.75. The highest BCUT2D eigenvalue weighted by Crippen LogP contribution is 2.34. The molecule has 7 nitrogen and oxygen atoms in total. The lowest BCUT2D eigenvalue weighted by Crippen LogP contribution is -2.29. The smallest absolute Gasteiger partial charge is 0.261 e. The Labute approximate surface area is 184 Å². The number of rotatable bonds is 5. The molecule has 0 fully saturated rings. The second-order valence-electron chi connectivity index (χ2n) is 7.75. The Morgan fingerprint density at radius 1 is 0.938 bits per heavy atom. The van der Waals surface area contributed by atoms with Crippen molar-refractivity contribution in [2.45, 2.75) is 19.5 Å². The zero-order chi connectivity index (χ0) is 22.2. The molecule has 2 aliphatic heterocycles. The molecule has 0 aromatic heterocycles. The van der Waals surface area contributed by atoms with Gasteiger partial charge in [0.15, 0.2) is 11.5 Å². The summed E-state index contributed by atoms with van der Waals surface area (Å²) in [6.45, 7) is 2.15. The van der Waals surface area contributed by atoms with Crippen LogP contribution in [0.15, 0.2) is 66.7 Å². The Bertz CT molecular complexity index is 1240. The van der Waals surface area contributed by atoms with Crippen molar-refractivity contribution in [2.24, 2.45) is 0 Å². The zero-order valence-corrected chi connectivity index (χ0v) is 17.3. The van der Waals surface area contributed by atoms with Crippen molar-refractivity contribution in [3.05, 3.63) is 94.5 Å². The number of hydrogen-bond acceptors (Lipinski definition) is 5. The minimum atomic E-state index is -0.423. The highest BCUT2D eigenvalue weighted by Gasteiger charge is 2.36. The van der Waals surface area contributed by atoms with Gasteiger partial charge in [0.25, 0.3) is 17.7 Å². The summed E-state index contributed by atoms with van der Waals surface area (Å²) in [7, 11) is 0. The van der Waals surface area contributed by atoms with E-state index in [1.54, 1.807) is 24.3 Å². The molecule has 0 spiro atoms. The molecule has 3 aromatic rings. The second kappa shape index (κ2) is 7.85. The zero-order valence-electron chi connectivity index (χ0n) is 17.3. The average Bonchev–Trinajstić information content (AvgIpc) is 3.37. The minimum Gasteiger partial charge on any atom is -0.454 e. The van der Waals surface area contributed by atoms with Crippen LogP contribution >= 0.6 is 0 Å². The fraction of sp³-hybridized carbons (Fsp3) is 0.160. The highest BCUT2D eigenvalue weighted by atomic mass is 16.7. The number of benzene rings is 3. The normalized spacial score (nSPS) is 15.0. The van der Waals surface area contributed by atoms with E-state index in [0.717, 1.165) is 11.1 Å². The molecule has 0 aliphatic carbocycles. The molecule has 2 heterocycles. The van der Waals surface area contributed by atoms with Crippen LogP contribution in [0.5, 0.6) is 11.5 Å². The summed E-state index contributed by atoms with van der Waals surface area (Å²) in [4.78, 5) is 39.7. The van der Waals surface area contributed by atoms with E-state index in [4.69, 9.17) is 9.47 Å². The average molecular weight is 428 g/mol. The molecule has 0 saturated heterocycles. The molecular weight excluding hydrogens is 408 g/mol. The van der Waals surface area contributed by atoms with Crippen molar-refractivity contribution in [1.29, 1.82) is 0 Å². The van der Waals surface area contributed by atoms with E-state index < -0.39 is 5.91 Å². The first kappa shape index (κ1) is 19.8. The van der Waals surface area contributed by atoms with Crippen LogP contribution in [0.2, 0.25) is 0 Å². The molecule has 3 aromatic carbocycles. The van der Waals surface area contributed by atoms with Crippen molar-refractivity contribution in [3.8, 4) is 11.5 Å². The van der Waals surface area contributed by atoms with Crippen molar-refractivity contribution < 1.29 is 23.9 Å². The number of carbonyl (C=O) groups is 3. The van der Waals surface area contributed by atoms with E-state index in [1.807, 2.05) is 37.3 Å². The van der Waals surface area contributed by atoms with Gasteiger partial charge in [0.2, 0.25) is 6.79 Å². The van der Waals surface area contributed by atoms with Gasteiger partial charge in [-0.2, -0.15) is 0 Å². The van der Waals surface area contributed by atoms with E-state index in [9.17, 15) is 14.4 Å². The van der Waals surface area contributed by atoms with E-state index in [-0.39, 0.29) is 36.8 Å². The highest BCUT2D eigenvalue weighted by molar-refractivity contribution is 6.22. The summed E-state index contributed by atoms with van der Waals surface area (Å²) in [5.41, 5.74) is 2.58. The lowest BCUT2D eigenvalue weighted by Gasteiger charge is -2.14. The third-order valence-corrected chi connectivity index (χ3v) is 5.66. The van der Waals surface area contributed by atoms with E-state index in [2.05, 4.69) is 5.32 Å². The first-order valence-electron chi connectivity index (χ1n) is 10.3. The van der Waals surface area contributed by atoms with E-state index >= 15 is 0 Å². The van der Waals surface area contributed by atoms with Crippen LogP contribution in [0.4, 0.5) is 0 Å². The van der Waals surface area contributed by atoms with E-state index in [1.165, 1.54) is 17.0 Å². The SMILES string of the molecule is CC(NC(=O)c1ccc2c(c1)C(=O)N(Cc1ccc3c(c1)OCO3)C2=O)c1ccccc1. The molecule has 5 rings (SSSR count). The van der Waals surface area contributed by atoms with Crippen LogP contribution in [0.25, 0.3) is 0 Å². The summed E-state index contributed by atoms with van der Waals surface area (Å²) < 4.78 is 10.7. The molecule has 1 atom stereocenters. The lowest BCUT2D eigenvalue weighted by molar-refractivity contribution is 0.0642. The monoisotopic (exact) mass is 428 g/mol. The first-order chi connectivity index (χ1) is 15.5. The van der Waals surface area contributed by atoms with Gasteiger partial charge < -0.3 is 14.8 Å². The maximum atomic E-state index is 13.0. The Morgan fingerprint density at radius 2 is 1.69 bits per heavy atom. The third kappa shape index (κ3) is 3.47. The van der Waals surface area contributed by atoms with Gasteiger partial charge in [0.05, 0.1) is 23.7 Å². The van der Waals surface area contributed by atoms with Gasteiger partial charge in [-0.25, -0.2) is 0 Å². The van der Waals surface area contributed by atoms with Gasteiger partial charge >= 0.3 is 0 Å². The molecule has 3 amide bonds. The van der Waals surface area contributed by atoms with Crippen molar-refractivity contribution in [1.82, 2.24) is 10.2 Å². The number of nitrogens with one attached hydrogen (secondary N) is 1. The molecule has 0 saturated carbocycles. The number of amides is 3. The molecule has 32 heavy (non-hydrogen) atoms. The number of hydrogen-bond donors (Lipinski definition) is 1.